The van der Waals surface area contributed by atoms with E-state index in [4.69, 9.17) is 4.74 Å². The maximum Gasteiger partial charge on any atom is 0.305 e. The topological polar surface area (TPSA) is 95.9 Å². The maximum absolute atomic E-state index is 12.5. The summed E-state index contributed by atoms with van der Waals surface area (Å²) in [5.74, 6) is -0.0610. The second-order valence-corrected chi connectivity index (χ2v) is 21.4. The van der Waals surface area contributed by atoms with Crippen LogP contribution in [0.4, 0.5) is 0 Å². The van der Waals surface area contributed by atoms with Crippen molar-refractivity contribution < 1.29 is 24.5 Å². The molecular formula is C63H121NO5. The zero-order valence-electron chi connectivity index (χ0n) is 46.6. The first kappa shape index (κ1) is 67.3. The molecule has 0 saturated heterocycles. The summed E-state index contributed by atoms with van der Waals surface area (Å²) in [6.45, 7) is 4.92. The van der Waals surface area contributed by atoms with Crippen molar-refractivity contribution in [2.75, 3.05) is 13.2 Å². The van der Waals surface area contributed by atoms with Gasteiger partial charge in [-0.25, -0.2) is 0 Å². The Morgan fingerprint density at radius 3 is 1.06 bits per heavy atom. The molecule has 0 fully saturated rings. The molecule has 0 radical (unpaired) electrons. The molecule has 0 aromatic carbocycles. The lowest BCUT2D eigenvalue weighted by molar-refractivity contribution is -0.143. The van der Waals surface area contributed by atoms with Crippen molar-refractivity contribution in [1.29, 1.82) is 0 Å². The van der Waals surface area contributed by atoms with Crippen LogP contribution >= 0.6 is 0 Å². The van der Waals surface area contributed by atoms with Gasteiger partial charge in [-0.1, -0.05) is 276 Å². The van der Waals surface area contributed by atoms with E-state index in [-0.39, 0.29) is 18.5 Å². The number of esters is 1. The fraction of sp³-hybridized carbons (Fsp3) is 0.905. The molecule has 69 heavy (non-hydrogen) atoms. The van der Waals surface area contributed by atoms with Gasteiger partial charge in [0.1, 0.15) is 0 Å². The maximum atomic E-state index is 12.5. The summed E-state index contributed by atoms with van der Waals surface area (Å²) < 4.78 is 5.45. The van der Waals surface area contributed by atoms with E-state index in [9.17, 15) is 19.8 Å². The molecule has 0 aliphatic heterocycles. The number of nitrogens with one attached hydrogen (secondary N) is 1. The highest BCUT2D eigenvalue weighted by Crippen LogP contribution is 2.18. The molecule has 6 nitrogen and oxygen atoms in total. The van der Waals surface area contributed by atoms with E-state index in [1.165, 1.54) is 244 Å². The highest BCUT2D eigenvalue weighted by molar-refractivity contribution is 5.76. The van der Waals surface area contributed by atoms with Crippen LogP contribution < -0.4 is 5.32 Å². The second-order valence-electron chi connectivity index (χ2n) is 21.4. The number of carbonyl (C=O) groups excluding carboxylic acids is 2. The van der Waals surface area contributed by atoms with Crippen LogP contribution in [0.5, 0.6) is 0 Å². The van der Waals surface area contributed by atoms with Crippen LogP contribution in [-0.4, -0.2) is 47.4 Å². The fourth-order valence-electron chi connectivity index (χ4n) is 9.69. The van der Waals surface area contributed by atoms with Crippen LogP contribution in [0, 0.1) is 0 Å². The van der Waals surface area contributed by atoms with Gasteiger partial charge in [0.2, 0.25) is 5.91 Å². The number of aliphatic hydroxyl groups excluding tert-OH is 2. The Hall–Kier alpha value is -1.66. The van der Waals surface area contributed by atoms with Crippen LogP contribution in [0.15, 0.2) is 24.3 Å². The van der Waals surface area contributed by atoms with Crippen LogP contribution in [0.1, 0.15) is 341 Å². The normalized spacial score (nSPS) is 12.7. The monoisotopic (exact) mass is 972 g/mol. The highest BCUT2D eigenvalue weighted by Gasteiger charge is 2.20. The predicted octanol–water partition coefficient (Wildman–Crippen LogP) is 19.4. The summed E-state index contributed by atoms with van der Waals surface area (Å²) >= 11 is 0. The largest absolute Gasteiger partial charge is 0.466 e. The van der Waals surface area contributed by atoms with E-state index in [1.54, 1.807) is 0 Å². The molecule has 0 aliphatic carbocycles. The van der Waals surface area contributed by atoms with E-state index in [0.717, 1.165) is 64.2 Å². The number of rotatable bonds is 58. The third-order valence-electron chi connectivity index (χ3n) is 14.5. The van der Waals surface area contributed by atoms with Crippen LogP contribution in [-0.2, 0) is 14.3 Å². The van der Waals surface area contributed by atoms with Gasteiger partial charge in [-0.2, -0.15) is 0 Å². The van der Waals surface area contributed by atoms with Crippen molar-refractivity contribution >= 4 is 11.9 Å². The van der Waals surface area contributed by atoms with Gasteiger partial charge in [-0.3, -0.25) is 9.59 Å². The lowest BCUT2D eigenvalue weighted by Crippen LogP contribution is -2.45. The average Bonchev–Trinajstić information content (AvgIpc) is 3.35. The Labute approximate surface area is 431 Å². The molecular weight excluding hydrogens is 851 g/mol. The van der Waals surface area contributed by atoms with Gasteiger partial charge in [0.05, 0.1) is 25.4 Å². The van der Waals surface area contributed by atoms with E-state index in [2.05, 4.69) is 43.5 Å². The third kappa shape index (κ3) is 55.5. The zero-order valence-corrected chi connectivity index (χ0v) is 46.6. The van der Waals surface area contributed by atoms with Crippen molar-refractivity contribution in [1.82, 2.24) is 5.32 Å². The first-order valence-corrected chi connectivity index (χ1v) is 31.1. The van der Waals surface area contributed by atoms with E-state index >= 15 is 0 Å². The summed E-state index contributed by atoms with van der Waals surface area (Å²) in [6.07, 6.45) is 71.8. The summed E-state index contributed by atoms with van der Waals surface area (Å²) in [6, 6.07) is -0.555. The van der Waals surface area contributed by atoms with Crippen molar-refractivity contribution in [3.05, 3.63) is 24.3 Å². The molecule has 0 spiro atoms. The van der Waals surface area contributed by atoms with Gasteiger partial charge >= 0.3 is 5.97 Å². The van der Waals surface area contributed by atoms with E-state index in [0.29, 0.717) is 25.9 Å². The number of hydrogen-bond donors (Lipinski definition) is 3. The van der Waals surface area contributed by atoms with Crippen molar-refractivity contribution in [3.63, 3.8) is 0 Å². The molecule has 0 heterocycles. The van der Waals surface area contributed by atoms with Gasteiger partial charge in [-0.15, -0.1) is 0 Å². The van der Waals surface area contributed by atoms with E-state index < -0.39 is 12.1 Å². The summed E-state index contributed by atoms with van der Waals surface area (Å²) in [4.78, 5) is 24.5. The fourth-order valence-corrected chi connectivity index (χ4v) is 9.69. The molecule has 2 unspecified atom stereocenters. The molecule has 3 N–H and O–H groups in total. The quantitative estimate of drug-likeness (QED) is 0.0321. The molecule has 2 atom stereocenters. The van der Waals surface area contributed by atoms with E-state index in [1.807, 2.05) is 0 Å². The minimum atomic E-state index is -0.676. The predicted molar refractivity (Wildman–Crippen MR) is 301 cm³/mol. The number of hydrogen-bond acceptors (Lipinski definition) is 5. The second kappa shape index (κ2) is 58.9. The van der Waals surface area contributed by atoms with Gasteiger partial charge in [0, 0.05) is 12.8 Å². The summed E-state index contributed by atoms with van der Waals surface area (Å²) in [5, 5.41) is 23.4. The third-order valence-corrected chi connectivity index (χ3v) is 14.5. The van der Waals surface area contributed by atoms with Crippen molar-refractivity contribution in [2.24, 2.45) is 0 Å². The molecule has 0 rings (SSSR count). The molecule has 408 valence electrons. The van der Waals surface area contributed by atoms with Gasteiger partial charge in [-0.05, 0) is 77.0 Å². The lowest BCUT2D eigenvalue weighted by Gasteiger charge is -2.22. The Kier molecular flexibility index (Phi) is 57.5. The molecule has 0 aliphatic rings. The van der Waals surface area contributed by atoms with Gasteiger partial charge in [0.15, 0.2) is 0 Å². The minimum Gasteiger partial charge on any atom is -0.466 e. The highest BCUT2D eigenvalue weighted by atomic mass is 16.5. The van der Waals surface area contributed by atoms with Gasteiger partial charge in [0.25, 0.3) is 0 Å². The number of ether oxygens (including phenoxy) is 1. The standard InChI is InChI=1S/C63H121NO5/c1-3-5-7-9-11-13-15-17-18-19-20-21-22-23-24-25-26-29-32-35-39-43-47-51-55-61(66)60(59-65)64-62(67)56-52-48-44-40-36-33-30-27-28-31-34-38-42-46-50-54-58-69-63(68)57-53-49-45-41-37-16-14-12-10-8-6-4-2/h12,14,27,30,60-61,65-66H,3-11,13,15-26,28-29,31-59H2,1-2H3,(H,64,67)/b14-12-,30-27-. The van der Waals surface area contributed by atoms with Crippen LogP contribution in [0.25, 0.3) is 0 Å². The molecule has 0 aromatic heterocycles. The lowest BCUT2D eigenvalue weighted by atomic mass is 10.0. The summed E-state index contributed by atoms with van der Waals surface area (Å²) in [5.41, 5.74) is 0. The summed E-state index contributed by atoms with van der Waals surface area (Å²) in [7, 11) is 0. The smallest absolute Gasteiger partial charge is 0.305 e. The Morgan fingerprint density at radius 2 is 0.681 bits per heavy atom. The van der Waals surface area contributed by atoms with Crippen molar-refractivity contribution in [3.8, 4) is 0 Å². The number of unbranched alkanes of at least 4 members (excludes halogenated alkanes) is 43. The number of allylic oxidation sites excluding steroid dienone is 4. The molecule has 0 aromatic rings. The first-order chi connectivity index (χ1) is 34.0. The van der Waals surface area contributed by atoms with Gasteiger partial charge < -0.3 is 20.3 Å². The molecule has 0 saturated carbocycles. The Balaban J connectivity index is 3.46. The van der Waals surface area contributed by atoms with Crippen LogP contribution in [0.3, 0.4) is 0 Å². The zero-order chi connectivity index (χ0) is 50.0. The number of aliphatic hydroxyl groups is 2. The number of carbonyl (C=O) groups is 2. The average molecular weight is 973 g/mol. The molecule has 0 bridgehead atoms. The Morgan fingerprint density at radius 1 is 0.391 bits per heavy atom. The number of amides is 1. The molecule has 1 amide bonds. The SMILES string of the molecule is CCCCC/C=C\CCCCCCCC(=O)OCCCCCCCCC/C=C\CCCCCCCC(=O)NC(CO)C(O)CCCCCCCCCCCCCCCCCCCCCCCCCC. The van der Waals surface area contributed by atoms with Crippen LogP contribution in [0.2, 0.25) is 0 Å². The van der Waals surface area contributed by atoms with Crippen molar-refractivity contribution in [2.45, 2.75) is 353 Å². The molecule has 6 heteroatoms. The minimum absolute atomic E-state index is 0.0122. The Bertz CT molecular complexity index is 1080. The first-order valence-electron chi connectivity index (χ1n) is 31.1.